The average Bonchev–Trinajstić information content (AvgIpc) is 3.30. The second kappa shape index (κ2) is 5.06. The van der Waals surface area contributed by atoms with Crippen LogP contribution < -0.4 is 5.32 Å². The summed E-state index contributed by atoms with van der Waals surface area (Å²) in [6, 6.07) is 7.76. The first kappa shape index (κ1) is 13.7. The van der Waals surface area contributed by atoms with E-state index in [4.69, 9.17) is 0 Å². The van der Waals surface area contributed by atoms with Crippen LogP contribution in [0.2, 0.25) is 0 Å². The molecule has 3 fully saturated rings. The van der Waals surface area contributed by atoms with Crippen LogP contribution in [0.25, 0.3) is 0 Å². The molecule has 21 heavy (non-hydrogen) atoms. The summed E-state index contributed by atoms with van der Waals surface area (Å²) in [5.41, 5.74) is 1.37. The number of hydrogen-bond donors (Lipinski definition) is 1. The summed E-state index contributed by atoms with van der Waals surface area (Å²) in [6.45, 7) is 5.48. The Morgan fingerprint density at radius 1 is 1.29 bits per heavy atom. The summed E-state index contributed by atoms with van der Waals surface area (Å²) in [7, 11) is 0. The summed E-state index contributed by atoms with van der Waals surface area (Å²) in [5.74, 6) is 1.58. The van der Waals surface area contributed by atoms with Crippen LogP contribution in [0, 0.1) is 17.7 Å². The van der Waals surface area contributed by atoms with Crippen LogP contribution in [0.5, 0.6) is 0 Å². The molecule has 2 atom stereocenters. The van der Waals surface area contributed by atoms with E-state index in [0.717, 1.165) is 37.0 Å². The molecule has 0 spiro atoms. The lowest BCUT2D eigenvalue weighted by molar-refractivity contribution is 0.0578. The second-order valence-corrected chi connectivity index (χ2v) is 7.51. The van der Waals surface area contributed by atoms with Gasteiger partial charge in [0, 0.05) is 31.2 Å². The van der Waals surface area contributed by atoms with Gasteiger partial charge in [0.05, 0.1) is 0 Å². The highest BCUT2D eigenvalue weighted by Gasteiger charge is 2.48. The standard InChI is InChI=1S/C18H25FN2/c1-18(15-7-8-15)12-21(17(10-20-18)14-5-6-14)11-13-3-2-4-16(19)9-13/h2-4,9,14-15,17,20H,5-8,10-12H2,1H3. The second-order valence-electron chi connectivity index (χ2n) is 7.51. The molecule has 0 amide bonds. The molecule has 1 aliphatic heterocycles. The molecule has 3 heteroatoms. The maximum absolute atomic E-state index is 13.4. The topological polar surface area (TPSA) is 15.3 Å². The molecule has 2 aliphatic carbocycles. The number of halogens is 1. The van der Waals surface area contributed by atoms with E-state index < -0.39 is 0 Å². The number of nitrogens with zero attached hydrogens (tertiary/aromatic N) is 1. The quantitative estimate of drug-likeness (QED) is 0.915. The van der Waals surface area contributed by atoms with Crippen molar-refractivity contribution in [3.63, 3.8) is 0 Å². The molecular weight excluding hydrogens is 263 g/mol. The van der Waals surface area contributed by atoms with Gasteiger partial charge >= 0.3 is 0 Å². The van der Waals surface area contributed by atoms with Crippen LogP contribution in [0.4, 0.5) is 4.39 Å². The first-order chi connectivity index (χ1) is 10.1. The SMILES string of the molecule is CC1(C2CC2)CN(Cc2cccc(F)c2)C(C2CC2)CN1. The predicted molar refractivity (Wildman–Crippen MR) is 82.5 cm³/mol. The molecule has 2 unspecified atom stereocenters. The maximum atomic E-state index is 13.4. The number of rotatable bonds is 4. The fraction of sp³-hybridized carbons (Fsp3) is 0.667. The van der Waals surface area contributed by atoms with Crippen LogP contribution in [-0.4, -0.2) is 29.6 Å². The van der Waals surface area contributed by atoms with Crippen molar-refractivity contribution in [1.29, 1.82) is 0 Å². The van der Waals surface area contributed by atoms with Gasteiger partial charge in [0.1, 0.15) is 5.82 Å². The normalized spacial score (nSPS) is 34.1. The highest BCUT2D eigenvalue weighted by molar-refractivity contribution is 5.17. The molecule has 1 heterocycles. The Morgan fingerprint density at radius 3 is 2.76 bits per heavy atom. The minimum absolute atomic E-state index is 0.115. The molecule has 1 N–H and O–H groups in total. The fourth-order valence-corrected chi connectivity index (χ4v) is 4.04. The fourth-order valence-electron chi connectivity index (χ4n) is 4.04. The smallest absolute Gasteiger partial charge is 0.123 e. The van der Waals surface area contributed by atoms with Gasteiger partial charge in [-0.25, -0.2) is 4.39 Å². The predicted octanol–water partition coefficient (Wildman–Crippen LogP) is 3.18. The largest absolute Gasteiger partial charge is 0.308 e. The third kappa shape index (κ3) is 2.86. The van der Waals surface area contributed by atoms with Gasteiger partial charge in [-0.2, -0.15) is 0 Å². The molecule has 2 saturated carbocycles. The Labute approximate surface area is 126 Å². The Kier molecular flexibility index (Phi) is 3.31. The molecule has 0 bridgehead atoms. The molecular formula is C18H25FN2. The number of benzene rings is 1. The van der Waals surface area contributed by atoms with E-state index in [1.54, 1.807) is 6.07 Å². The van der Waals surface area contributed by atoms with E-state index in [1.807, 2.05) is 6.07 Å². The van der Waals surface area contributed by atoms with Crippen molar-refractivity contribution in [3.8, 4) is 0 Å². The lowest BCUT2D eigenvalue weighted by Crippen LogP contribution is -2.64. The molecule has 4 rings (SSSR count). The van der Waals surface area contributed by atoms with Crippen molar-refractivity contribution in [2.24, 2.45) is 11.8 Å². The van der Waals surface area contributed by atoms with Gasteiger partial charge < -0.3 is 5.32 Å². The molecule has 114 valence electrons. The number of piperazine rings is 1. The van der Waals surface area contributed by atoms with Gasteiger partial charge in [-0.05, 0) is 62.1 Å². The van der Waals surface area contributed by atoms with Gasteiger partial charge in [-0.1, -0.05) is 12.1 Å². The summed E-state index contributed by atoms with van der Waals surface area (Å²) < 4.78 is 13.4. The van der Waals surface area contributed by atoms with E-state index in [0.29, 0.717) is 6.04 Å². The van der Waals surface area contributed by atoms with Crippen molar-refractivity contribution >= 4 is 0 Å². The highest BCUT2D eigenvalue weighted by Crippen LogP contribution is 2.44. The van der Waals surface area contributed by atoms with Crippen molar-refractivity contribution in [2.75, 3.05) is 13.1 Å². The summed E-state index contributed by atoms with van der Waals surface area (Å²) in [6.07, 6.45) is 5.47. The third-order valence-electron chi connectivity index (χ3n) is 5.63. The van der Waals surface area contributed by atoms with Gasteiger partial charge in [0.25, 0.3) is 0 Å². The van der Waals surface area contributed by atoms with E-state index in [-0.39, 0.29) is 11.4 Å². The first-order valence-electron chi connectivity index (χ1n) is 8.37. The van der Waals surface area contributed by atoms with Crippen molar-refractivity contribution in [3.05, 3.63) is 35.6 Å². The minimum Gasteiger partial charge on any atom is -0.308 e. The first-order valence-corrected chi connectivity index (χ1v) is 8.37. The zero-order valence-electron chi connectivity index (χ0n) is 12.8. The molecule has 2 nitrogen and oxygen atoms in total. The minimum atomic E-state index is -0.115. The van der Waals surface area contributed by atoms with Gasteiger partial charge in [-0.15, -0.1) is 0 Å². The lowest BCUT2D eigenvalue weighted by Gasteiger charge is -2.47. The Balaban J connectivity index is 1.52. The lowest BCUT2D eigenvalue weighted by atomic mass is 9.89. The van der Waals surface area contributed by atoms with E-state index >= 15 is 0 Å². The Hall–Kier alpha value is -0.930. The van der Waals surface area contributed by atoms with Gasteiger partial charge in [0.15, 0.2) is 0 Å². The third-order valence-corrected chi connectivity index (χ3v) is 5.63. The number of nitrogens with one attached hydrogen (secondary N) is 1. The Morgan fingerprint density at radius 2 is 2.10 bits per heavy atom. The number of hydrogen-bond acceptors (Lipinski definition) is 2. The Bertz CT molecular complexity index is 524. The van der Waals surface area contributed by atoms with Crippen LogP contribution >= 0.6 is 0 Å². The molecule has 1 aromatic carbocycles. The summed E-state index contributed by atoms with van der Waals surface area (Å²) in [4.78, 5) is 2.63. The highest BCUT2D eigenvalue weighted by atomic mass is 19.1. The van der Waals surface area contributed by atoms with Crippen LogP contribution in [0.15, 0.2) is 24.3 Å². The van der Waals surface area contributed by atoms with Crippen molar-refractivity contribution in [2.45, 2.75) is 50.7 Å². The monoisotopic (exact) mass is 288 g/mol. The van der Waals surface area contributed by atoms with E-state index in [9.17, 15) is 4.39 Å². The molecule has 0 radical (unpaired) electrons. The average molecular weight is 288 g/mol. The van der Waals surface area contributed by atoms with E-state index in [2.05, 4.69) is 23.2 Å². The van der Waals surface area contributed by atoms with Crippen LogP contribution in [-0.2, 0) is 6.54 Å². The van der Waals surface area contributed by atoms with Gasteiger partial charge in [0.2, 0.25) is 0 Å². The summed E-state index contributed by atoms with van der Waals surface area (Å²) >= 11 is 0. The molecule has 1 saturated heterocycles. The molecule has 3 aliphatic rings. The van der Waals surface area contributed by atoms with Crippen LogP contribution in [0.1, 0.15) is 38.2 Å². The van der Waals surface area contributed by atoms with Crippen LogP contribution in [0.3, 0.4) is 0 Å². The van der Waals surface area contributed by atoms with Crippen molar-refractivity contribution < 1.29 is 4.39 Å². The van der Waals surface area contributed by atoms with Gasteiger partial charge in [-0.3, -0.25) is 4.90 Å². The summed E-state index contributed by atoms with van der Waals surface area (Å²) in [5, 5.41) is 3.84. The molecule has 1 aromatic rings. The maximum Gasteiger partial charge on any atom is 0.123 e. The van der Waals surface area contributed by atoms with E-state index in [1.165, 1.54) is 31.7 Å². The zero-order valence-corrected chi connectivity index (χ0v) is 12.8. The zero-order chi connectivity index (χ0) is 14.4. The van der Waals surface area contributed by atoms with Crippen molar-refractivity contribution in [1.82, 2.24) is 10.2 Å². The molecule has 0 aromatic heterocycles.